The van der Waals surface area contributed by atoms with E-state index in [9.17, 15) is 0 Å². The minimum Gasteiger partial charge on any atom is -0.330 e. The molecule has 0 spiro atoms. The Balaban J connectivity index is 3.36. The Morgan fingerprint density at radius 1 is 1.29 bits per heavy atom. The highest BCUT2D eigenvalue weighted by atomic mass is 32.2. The minimum absolute atomic E-state index is 0.723. The van der Waals surface area contributed by atoms with Crippen LogP contribution in [0.15, 0.2) is 0 Å². The molecule has 2 nitrogen and oxygen atoms in total. The van der Waals surface area contributed by atoms with Gasteiger partial charge in [0.25, 0.3) is 0 Å². The average molecular weight is 218 g/mol. The Morgan fingerprint density at radius 2 is 2.00 bits per heavy atom. The summed E-state index contributed by atoms with van der Waals surface area (Å²) in [5.41, 5.74) is 5.45. The normalized spacial score (nSPS) is 13.5. The van der Waals surface area contributed by atoms with Gasteiger partial charge in [-0.05, 0) is 58.3 Å². The summed E-state index contributed by atoms with van der Waals surface area (Å²) in [6.45, 7) is 4.38. The number of nitrogens with zero attached hydrogens (tertiary/aromatic N) is 1. The van der Waals surface area contributed by atoms with E-state index in [1.807, 2.05) is 11.8 Å². The number of thioether (sulfide) groups is 1. The van der Waals surface area contributed by atoms with Gasteiger partial charge in [-0.25, -0.2) is 0 Å². The van der Waals surface area contributed by atoms with Crippen LogP contribution < -0.4 is 5.73 Å². The predicted molar refractivity (Wildman–Crippen MR) is 68.0 cm³/mol. The highest BCUT2D eigenvalue weighted by Gasteiger charge is 2.07. The Hall–Kier alpha value is 0.270. The van der Waals surface area contributed by atoms with Crippen molar-refractivity contribution in [3.8, 4) is 0 Å². The van der Waals surface area contributed by atoms with Crippen molar-refractivity contribution in [2.24, 2.45) is 5.73 Å². The van der Waals surface area contributed by atoms with Crippen molar-refractivity contribution < 1.29 is 0 Å². The minimum atomic E-state index is 0.723. The maximum atomic E-state index is 5.45. The molecule has 0 amide bonds. The van der Waals surface area contributed by atoms with Crippen LogP contribution in [0, 0.1) is 0 Å². The molecule has 0 aliphatic heterocycles. The lowest BCUT2D eigenvalue weighted by Crippen LogP contribution is -2.30. The Morgan fingerprint density at radius 3 is 2.57 bits per heavy atom. The van der Waals surface area contributed by atoms with Crippen LogP contribution in [-0.2, 0) is 0 Å². The number of rotatable bonds is 9. The summed E-state index contributed by atoms with van der Waals surface area (Å²) in [5.74, 6) is 1.27. The summed E-state index contributed by atoms with van der Waals surface area (Å²) < 4.78 is 0. The third-order valence-corrected chi connectivity index (χ3v) is 3.35. The third kappa shape index (κ3) is 7.65. The van der Waals surface area contributed by atoms with Crippen molar-refractivity contribution in [1.82, 2.24) is 4.90 Å². The lowest BCUT2D eigenvalue weighted by molar-refractivity contribution is 0.248. The van der Waals surface area contributed by atoms with E-state index in [0.717, 1.165) is 12.6 Å². The van der Waals surface area contributed by atoms with Crippen molar-refractivity contribution in [2.75, 3.05) is 32.1 Å². The lowest BCUT2D eigenvalue weighted by atomic mass is 10.2. The molecule has 1 atom stereocenters. The highest BCUT2D eigenvalue weighted by Crippen LogP contribution is 2.07. The molecular weight excluding hydrogens is 192 g/mol. The van der Waals surface area contributed by atoms with Crippen molar-refractivity contribution in [3.05, 3.63) is 0 Å². The van der Waals surface area contributed by atoms with Gasteiger partial charge in [-0.1, -0.05) is 6.42 Å². The zero-order chi connectivity index (χ0) is 10.8. The molecule has 1 unspecified atom stereocenters. The maximum Gasteiger partial charge on any atom is 0.00717 e. The third-order valence-electron chi connectivity index (χ3n) is 2.71. The molecule has 0 aromatic carbocycles. The number of nitrogens with two attached hydrogens (primary N) is 1. The first-order valence-electron chi connectivity index (χ1n) is 5.61. The second kappa shape index (κ2) is 9.81. The van der Waals surface area contributed by atoms with E-state index < -0.39 is 0 Å². The van der Waals surface area contributed by atoms with Crippen LogP contribution in [0.2, 0.25) is 0 Å². The van der Waals surface area contributed by atoms with Gasteiger partial charge >= 0.3 is 0 Å². The summed E-state index contributed by atoms with van der Waals surface area (Å²) in [7, 11) is 2.23. The molecule has 0 aromatic rings. The van der Waals surface area contributed by atoms with Crippen molar-refractivity contribution >= 4 is 11.8 Å². The van der Waals surface area contributed by atoms with Gasteiger partial charge < -0.3 is 10.6 Å². The SMILES string of the molecule is CSCCC(C)N(C)CCCCCN. The molecule has 0 aliphatic carbocycles. The van der Waals surface area contributed by atoms with Crippen LogP contribution in [0.5, 0.6) is 0 Å². The molecular formula is C11H26N2S. The molecule has 0 bridgehead atoms. The summed E-state index contributed by atoms with van der Waals surface area (Å²) in [5, 5.41) is 0. The van der Waals surface area contributed by atoms with Crippen LogP contribution >= 0.6 is 11.8 Å². The quantitative estimate of drug-likeness (QED) is 0.602. The summed E-state index contributed by atoms with van der Waals surface area (Å²) in [4.78, 5) is 2.47. The molecule has 86 valence electrons. The first kappa shape index (κ1) is 14.3. The van der Waals surface area contributed by atoms with Gasteiger partial charge in [-0.2, -0.15) is 11.8 Å². The van der Waals surface area contributed by atoms with Gasteiger partial charge in [0.15, 0.2) is 0 Å². The van der Waals surface area contributed by atoms with E-state index in [1.54, 1.807) is 0 Å². The van der Waals surface area contributed by atoms with Crippen LogP contribution in [0.25, 0.3) is 0 Å². The van der Waals surface area contributed by atoms with Gasteiger partial charge in [-0.15, -0.1) is 0 Å². The van der Waals surface area contributed by atoms with Crippen LogP contribution in [0.4, 0.5) is 0 Å². The predicted octanol–water partition coefficient (Wildman–Crippen LogP) is 2.19. The van der Waals surface area contributed by atoms with Crippen LogP contribution in [-0.4, -0.2) is 43.1 Å². The molecule has 0 fully saturated rings. The summed E-state index contributed by atoms with van der Waals surface area (Å²) >= 11 is 1.94. The average Bonchev–Trinajstić information content (AvgIpc) is 2.20. The molecule has 2 N–H and O–H groups in total. The van der Waals surface area contributed by atoms with Gasteiger partial charge in [-0.3, -0.25) is 0 Å². The van der Waals surface area contributed by atoms with Gasteiger partial charge in [0, 0.05) is 6.04 Å². The fourth-order valence-electron chi connectivity index (χ4n) is 1.41. The van der Waals surface area contributed by atoms with E-state index in [0.29, 0.717) is 0 Å². The Kier molecular flexibility index (Phi) is 10.0. The molecule has 14 heavy (non-hydrogen) atoms. The van der Waals surface area contributed by atoms with Crippen molar-refractivity contribution in [1.29, 1.82) is 0 Å². The topological polar surface area (TPSA) is 29.3 Å². The molecule has 0 heterocycles. The van der Waals surface area contributed by atoms with E-state index in [2.05, 4.69) is 25.1 Å². The highest BCUT2D eigenvalue weighted by molar-refractivity contribution is 7.98. The second-order valence-electron chi connectivity index (χ2n) is 3.96. The first-order valence-corrected chi connectivity index (χ1v) is 7.01. The van der Waals surface area contributed by atoms with Gasteiger partial charge in [0.05, 0.1) is 0 Å². The smallest absolute Gasteiger partial charge is 0.00717 e. The van der Waals surface area contributed by atoms with Crippen LogP contribution in [0.1, 0.15) is 32.6 Å². The van der Waals surface area contributed by atoms with E-state index in [-0.39, 0.29) is 0 Å². The van der Waals surface area contributed by atoms with Crippen molar-refractivity contribution in [3.63, 3.8) is 0 Å². The second-order valence-corrected chi connectivity index (χ2v) is 4.95. The number of hydrogen-bond acceptors (Lipinski definition) is 3. The monoisotopic (exact) mass is 218 g/mol. The van der Waals surface area contributed by atoms with E-state index >= 15 is 0 Å². The zero-order valence-electron chi connectivity index (χ0n) is 9.96. The molecule has 3 heteroatoms. The van der Waals surface area contributed by atoms with Gasteiger partial charge in [0.2, 0.25) is 0 Å². The van der Waals surface area contributed by atoms with E-state index in [1.165, 1.54) is 38.0 Å². The maximum absolute atomic E-state index is 5.45. The summed E-state index contributed by atoms with van der Waals surface area (Å²) in [6.07, 6.45) is 7.21. The standard InChI is InChI=1S/C11H26N2S/c1-11(7-10-14-3)13(2)9-6-4-5-8-12/h11H,4-10,12H2,1-3H3. The summed E-state index contributed by atoms with van der Waals surface area (Å²) in [6, 6.07) is 0.723. The molecule has 0 saturated heterocycles. The number of unbranched alkanes of at least 4 members (excludes halogenated alkanes) is 2. The molecule has 0 saturated carbocycles. The largest absolute Gasteiger partial charge is 0.330 e. The molecule has 0 rings (SSSR count). The fraction of sp³-hybridized carbons (Fsp3) is 1.00. The van der Waals surface area contributed by atoms with Crippen LogP contribution in [0.3, 0.4) is 0 Å². The Labute approximate surface area is 93.6 Å². The number of hydrogen-bond donors (Lipinski definition) is 1. The molecule has 0 aliphatic rings. The molecule has 0 radical (unpaired) electrons. The fourth-order valence-corrected chi connectivity index (χ4v) is 1.99. The van der Waals surface area contributed by atoms with E-state index in [4.69, 9.17) is 5.73 Å². The lowest BCUT2D eigenvalue weighted by Gasteiger charge is -2.24. The van der Waals surface area contributed by atoms with Gasteiger partial charge in [0.1, 0.15) is 0 Å². The first-order chi connectivity index (χ1) is 6.72. The molecule has 0 aromatic heterocycles. The Bertz CT molecular complexity index is 120. The zero-order valence-corrected chi connectivity index (χ0v) is 10.8. The van der Waals surface area contributed by atoms with Crippen molar-refractivity contribution in [2.45, 2.75) is 38.6 Å².